The largest absolute Gasteiger partial charge is 0.394 e. The van der Waals surface area contributed by atoms with Gasteiger partial charge < -0.3 is 65.1 Å². The molecule has 1 amide bonds. The number of ether oxygens (including phenoxy) is 4. The minimum absolute atomic E-state index is 0.249. The van der Waals surface area contributed by atoms with Gasteiger partial charge in [0.05, 0.1) is 32.0 Å². The van der Waals surface area contributed by atoms with E-state index in [1.54, 1.807) is 6.08 Å². The van der Waals surface area contributed by atoms with E-state index in [0.717, 1.165) is 44.9 Å². The van der Waals surface area contributed by atoms with Crippen molar-refractivity contribution in [1.29, 1.82) is 0 Å². The van der Waals surface area contributed by atoms with Crippen LogP contribution in [-0.2, 0) is 23.7 Å². The monoisotopic (exact) mass is 1170 g/mol. The molecule has 2 aliphatic heterocycles. The van der Waals surface area contributed by atoms with Crippen LogP contribution in [0.5, 0.6) is 0 Å². The lowest BCUT2D eigenvalue weighted by molar-refractivity contribution is -0.359. The van der Waals surface area contributed by atoms with Gasteiger partial charge >= 0.3 is 0 Å². The second-order valence-corrected chi connectivity index (χ2v) is 24.3. The Bertz CT molecular complexity index is 1510. The van der Waals surface area contributed by atoms with Crippen LogP contribution in [0.1, 0.15) is 296 Å². The normalized spacial score (nSPS) is 24.1. The van der Waals surface area contributed by atoms with E-state index in [0.29, 0.717) is 12.8 Å². The van der Waals surface area contributed by atoms with Crippen molar-refractivity contribution in [1.82, 2.24) is 5.32 Å². The van der Waals surface area contributed by atoms with Crippen LogP contribution in [-0.4, -0.2) is 140 Å². The number of rotatable bonds is 56. The maximum absolute atomic E-state index is 13.3. The number of aliphatic hydroxyl groups is 8. The van der Waals surface area contributed by atoms with Crippen molar-refractivity contribution in [2.45, 2.75) is 370 Å². The van der Waals surface area contributed by atoms with Crippen LogP contribution in [0.3, 0.4) is 0 Å². The van der Waals surface area contributed by atoms with Crippen LogP contribution < -0.4 is 5.32 Å². The van der Waals surface area contributed by atoms with Crippen molar-refractivity contribution in [3.63, 3.8) is 0 Å². The van der Waals surface area contributed by atoms with Gasteiger partial charge in [0.25, 0.3) is 0 Å². The Morgan fingerprint density at radius 3 is 1.20 bits per heavy atom. The molecule has 12 atom stereocenters. The van der Waals surface area contributed by atoms with Crippen LogP contribution in [0.4, 0.5) is 0 Å². The highest BCUT2D eigenvalue weighted by Crippen LogP contribution is 2.30. The van der Waals surface area contributed by atoms with Gasteiger partial charge in [-0.2, -0.15) is 0 Å². The van der Waals surface area contributed by atoms with Crippen LogP contribution in [0, 0.1) is 0 Å². The number of allylic oxidation sites excluding steroid dienone is 5. The van der Waals surface area contributed by atoms with Gasteiger partial charge in [0.15, 0.2) is 12.6 Å². The molecule has 14 heteroatoms. The van der Waals surface area contributed by atoms with Crippen molar-refractivity contribution >= 4 is 5.91 Å². The van der Waals surface area contributed by atoms with Crippen LogP contribution in [0.2, 0.25) is 0 Å². The molecular formula is C68H127NO13. The molecule has 2 aliphatic rings. The Labute approximate surface area is 500 Å². The van der Waals surface area contributed by atoms with Gasteiger partial charge in [-0.05, 0) is 44.9 Å². The topological polar surface area (TPSA) is 228 Å². The van der Waals surface area contributed by atoms with Gasteiger partial charge in [0, 0.05) is 6.42 Å². The Morgan fingerprint density at radius 2 is 0.780 bits per heavy atom. The molecule has 2 saturated heterocycles. The zero-order chi connectivity index (χ0) is 59.5. The van der Waals surface area contributed by atoms with E-state index in [-0.39, 0.29) is 18.9 Å². The minimum Gasteiger partial charge on any atom is -0.394 e. The van der Waals surface area contributed by atoms with Gasteiger partial charge in [-0.25, -0.2) is 0 Å². The fourth-order valence-electron chi connectivity index (χ4n) is 11.3. The van der Waals surface area contributed by atoms with Crippen LogP contribution in [0.25, 0.3) is 0 Å². The number of carbonyl (C=O) groups is 1. The number of amides is 1. The quantitative estimate of drug-likeness (QED) is 0.0204. The smallest absolute Gasteiger partial charge is 0.220 e. The molecule has 9 N–H and O–H groups in total. The third kappa shape index (κ3) is 37.7. The van der Waals surface area contributed by atoms with Crippen molar-refractivity contribution in [3.8, 4) is 0 Å². The molecular weight excluding hydrogens is 1040 g/mol. The zero-order valence-corrected chi connectivity index (χ0v) is 52.2. The van der Waals surface area contributed by atoms with E-state index < -0.39 is 86.8 Å². The molecule has 482 valence electrons. The van der Waals surface area contributed by atoms with Gasteiger partial charge in [-0.3, -0.25) is 4.79 Å². The molecule has 0 spiro atoms. The molecule has 0 radical (unpaired) electrons. The Kier molecular flexibility index (Phi) is 49.7. The predicted octanol–water partition coefficient (Wildman–Crippen LogP) is 13.3. The summed E-state index contributed by atoms with van der Waals surface area (Å²) < 4.78 is 22.8. The van der Waals surface area contributed by atoms with E-state index in [4.69, 9.17) is 18.9 Å². The first-order valence-electron chi connectivity index (χ1n) is 34.2. The maximum Gasteiger partial charge on any atom is 0.220 e. The lowest BCUT2D eigenvalue weighted by Gasteiger charge is -2.46. The highest BCUT2D eigenvalue weighted by molar-refractivity contribution is 5.76. The SMILES string of the molecule is CCCCCCCCCCCCCCCCCCCCCCC/C=C/CC/C=C/CC/C=C/C(O)C(COC1OC(CO)C(OC2OC(CO)C(O)C(O)C2O)C(O)C1O)NC(=O)CCCCCCCCCCCCCCCCCCC. The fourth-order valence-corrected chi connectivity index (χ4v) is 11.3. The average molecular weight is 1170 g/mol. The van der Waals surface area contributed by atoms with Crippen LogP contribution in [0.15, 0.2) is 36.5 Å². The Morgan fingerprint density at radius 1 is 0.427 bits per heavy atom. The second kappa shape index (κ2) is 53.4. The summed E-state index contributed by atoms with van der Waals surface area (Å²) in [6.45, 7) is 2.81. The fraction of sp³-hybridized carbons (Fsp3) is 0.897. The van der Waals surface area contributed by atoms with E-state index in [1.165, 1.54) is 218 Å². The van der Waals surface area contributed by atoms with E-state index in [1.807, 2.05) is 6.08 Å². The van der Waals surface area contributed by atoms with E-state index in [2.05, 4.69) is 43.5 Å². The lowest BCUT2D eigenvalue weighted by Crippen LogP contribution is -2.65. The highest BCUT2D eigenvalue weighted by Gasteiger charge is 2.51. The van der Waals surface area contributed by atoms with E-state index >= 15 is 0 Å². The molecule has 0 aromatic carbocycles. The molecule has 82 heavy (non-hydrogen) atoms. The van der Waals surface area contributed by atoms with Crippen LogP contribution >= 0.6 is 0 Å². The summed E-state index contributed by atoms with van der Waals surface area (Å²) >= 11 is 0. The molecule has 2 rings (SSSR count). The Balaban J connectivity index is 1.70. The molecule has 0 aliphatic carbocycles. The highest BCUT2D eigenvalue weighted by atomic mass is 16.7. The molecule has 2 heterocycles. The molecule has 0 aromatic rings. The summed E-state index contributed by atoms with van der Waals surface area (Å²) in [6, 6.07) is -0.936. The zero-order valence-electron chi connectivity index (χ0n) is 52.2. The lowest BCUT2D eigenvalue weighted by atomic mass is 9.97. The Hall–Kier alpha value is -1.79. The number of hydrogen-bond acceptors (Lipinski definition) is 13. The first-order valence-corrected chi connectivity index (χ1v) is 34.2. The van der Waals surface area contributed by atoms with E-state index in [9.17, 15) is 45.6 Å². The van der Waals surface area contributed by atoms with Crippen molar-refractivity contribution in [3.05, 3.63) is 36.5 Å². The van der Waals surface area contributed by atoms with Gasteiger partial charge in [0.1, 0.15) is 48.8 Å². The molecule has 0 aromatic heterocycles. The first-order chi connectivity index (χ1) is 40.1. The third-order valence-corrected chi connectivity index (χ3v) is 16.8. The first kappa shape index (κ1) is 76.3. The summed E-state index contributed by atoms with van der Waals surface area (Å²) in [4.78, 5) is 13.3. The minimum atomic E-state index is -1.79. The molecule has 0 bridgehead atoms. The standard InChI is InChI=1S/C68H127NO13/c1-3-5-7-9-11-13-15-17-19-21-22-23-24-25-26-27-28-29-30-31-32-33-34-36-37-39-41-43-45-47-49-51-57(72)56(69-60(73)52-50-48-46-44-42-40-38-35-20-18-16-14-12-10-8-6-4-2)55-79-67-65(78)63(76)66(59(54-71)81-67)82-68-64(77)62(75)61(74)58(53-70)80-68/h34,36,41,43,49,51,56-59,61-68,70-72,74-78H,3-33,35,37-40,42,44-48,50,52-55H2,1-2H3,(H,69,73)/b36-34+,43-41+,51-49+. The molecule has 2 fully saturated rings. The van der Waals surface area contributed by atoms with Gasteiger partial charge in [-0.15, -0.1) is 0 Å². The number of hydrogen-bond donors (Lipinski definition) is 9. The predicted molar refractivity (Wildman–Crippen MR) is 332 cm³/mol. The summed E-state index contributed by atoms with van der Waals surface area (Å²) in [5.41, 5.74) is 0. The van der Waals surface area contributed by atoms with Crippen molar-refractivity contribution in [2.24, 2.45) is 0 Å². The van der Waals surface area contributed by atoms with Crippen molar-refractivity contribution < 1.29 is 64.6 Å². The number of nitrogens with one attached hydrogen (secondary N) is 1. The maximum atomic E-state index is 13.3. The average Bonchev–Trinajstić information content (AvgIpc) is 3.67. The van der Waals surface area contributed by atoms with Gasteiger partial charge in [-0.1, -0.05) is 281 Å². The molecule has 0 saturated carbocycles. The van der Waals surface area contributed by atoms with Crippen molar-refractivity contribution in [2.75, 3.05) is 19.8 Å². The van der Waals surface area contributed by atoms with Gasteiger partial charge in [0.2, 0.25) is 5.91 Å². The molecule has 14 nitrogen and oxygen atoms in total. The summed E-state index contributed by atoms with van der Waals surface area (Å²) in [5.74, 6) is -0.249. The number of unbranched alkanes of at least 4 members (excludes halogenated alkanes) is 39. The summed E-state index contributed by atoms with van der Waals surface area (Å²) in [7, 11) is 0. The third-order valence-electron chi connectivity index (χ3n) is 16.8. The number of aliphatic hydroxyl groups excluding tert-OH is 8. The summed E-state index contributed by atoms with van der Waals surface area (Å²) in [5, 5.41) is 87.3. The molecule has 12 unspecified atom stereocenters. The summed E-state index contributed by atoms with van der Waals surface area (Å²) in [6.07, 6.45) is 50.7. The number of carbonyl (C=O) groups excluding carboxylic acids is 1. The second-order valence-electron chi connectivity index (χ2n) is 24.3.